The third-order valence-corrected chi connectivity index (χ3v) is 4.95. The van der Waals surface area contributed by atoms with E-state index in [0.717, 1.165) is 16.9 Å². The maximum atomic E-state index is 12.9. The van der Waals surface area contributed by atoms with Gasteiger partial charge in [-0.15, -0.1) is 0 Å². The molecule has 0 radical (unpaired) electrons. The predicted octanol–water partition coefficient (Wildman–Crippen LogP) is 4.40. The Hall–Kier alpha value is -3.87. The monoisotopic (exact) mass is 421 g/mol. The lowest BCUT2D eigenvalue weighted by atomic mass is 10.0. The quantitative estimate of drug-likeness (QED) is 0.636. The van der Waals surface area contributed by atoms with Gasteiger partial charge in [-0.1, -0.05) is 12.1 Å². The van der Waals surface area contributed by atoms with Gasteiger partial charge in [0.05, 0.1) is 21.3 Å². The van der Waals surface area contributed by atoms with Crippen LogP contribution in [-0.4, -0.2) is 40.5 Å². The van der Waals surface area contributed by atoms with E-state index in [9.17, 15) is 4.79 Å². The van der Waals surface area contributed by atoms with Gasteiger partial charge in [0, 0.05) is 16.8 Å². The van der Waals surface area contributed by atoms with Gasteiger partial charge in [-0.25, -0.2) is 0 Å². The maximum absolute atomic E-state index is 12.9. The number of amides is 1. The number of ether oxygens (including phenoxy) is 5. The first-order valence-electron chi connectivity index (χ1n) is 9.74. The first kappa shape index (κ1) is 20.4. The Morgan fingerprint density at radius 1 is 0.839 bits per heavy atom. The summed E-state index contributed by atoms with van der Waals surface area (Å²) in [6, 6.07) is 16.4. The Bertz CT molecular complexity index is 1080. The second kappa shape index (κ2) is 8.87. The summed E-state index contributed by atoms with van der Waals surface area (Å²) in [5, 5.41) is 2.93. The van der Waals surface area contributed by atoms with E-state index in [1.54, 1.807) is 32.4 Å². The van der Waals surface area contributed by atoms with Crippen molar-refractivity contribution in [2.75, 3.05) is 39.9 Å². The standard InChI is InChI=1S/C24H23NO6/c1-27-18-7-4-15(5-8-18)19-14-17(6-9-20(19)28-2)25-24(26)16-12-21(29-3)23-22(13-16)30-10-11-31-23/h4-9,12-14H,10-11H2,1-3H3,(H,25,26). The number of methoxy groups -OCH3 is 3. The number of hydrogen-bond acceptors (Lipinski definition) is 6. The molecule has 0 atom stereocenters. The highest BCUT2D eigenvalue weighted by Crippen LogP contribution is 2.40. The van der Waals surface area contributed by atoms with Crippen molar-refractivity contribution in [1.29, 1.82) is 0 Å². The second-order valence-electron chi connectivity index (χ2n) is 6.80. The minimum atomic E-state index is -0.291. The summed E-state index contributed by atoms with van der Waals surface area (Å²) in [6.45, 7) is 0.861. The molecule has 0 aliphatic carbocycles. The van der Waals surface area contributed by atoms with Crippen LogP contribution in [0, 0.1) is 0 Å². The fraction of sp³-hybridized carbons (Fsp3) is 0.208. The van der Waals surface area contributed by atoms with Crippen molar-refractivity contribution in [1.82, 2.24) is 0 Å². The first-order valence-corrected chi connectivity index (χ1v) is 9.74. The van der Waals surface area contributed by atoms with Crippen LogP contribution in [0.15, 0.2) is 54.6 Å². The summed E-state index contributed by atoms with van der Waals surface area (Å²) in [5.74, 6) is 2.63. The molecule has 4 rings (SSSR count). The molecule has 0 fully saturated rings. The smallest absolute Gasteiger partial charge is 0.255 e. The van der Waals surface area contributed by atoms with Gasteiger partial charge < -0.3 is 29.0 Å². The lowest BCUT2D eigenvalue weighted by Crippen LogP contribution is -2.18. The Kier molecular flexibility index (Phi) is 5.84. The molecule has 0 saturated carbocycles. The number of rotatable bonds is 6. The minimum Gasteiger partial charge on any atom is -0.497 e. The van der Waals surface area contributed by atoms with Crippen LogP contribution in [0.25, 0.3) is 11.1 Å². The molecule has 1 amide bonds. The van der Waals surface area contributed by atoms with Crippen molar-refractivity contribution in [3.8, 4) is 39.9 Å². The van der Waals surface area contributed by atoms with Crippen LogP contribution < -0.4 is 29.0 Å². The van der Waals surface area contributed by atoms with Crippen LogP contribution in [0.3, 0.4) is 0 Å². The van der Waals surface area contributed by atoms with Crippen molar-refractivity contribution in [2.45, 2.75) is 0 Å². The van der Waals surface area contributed by atoms with Gasteiger partial charge in [0.2, 0.25) is 5.75 Å². The molecule has 3 aromatic rings. The third kappa shape index (κ3) is 4.21. The average Bonchev–Trinajstić information content (AvgIpc) is 2.83. The van der Waals surface area contributed by atoms with E-state index < -0.39 is 0 Å². The van der Waals surface area contributed by atoms with Gasteiger partial charge in [0.1, 0.15) is 24.7 Å². The molecule has 1 aliphatic rings. The summed E-state index contributed by atoms with van der Waals surface area (Å²) < 4.78 is 27.3. The van der Waals surface area contributed by atoms with E-state index in [-0.39, 0.29) is 5.91 Å². The predicted molar refractivity (Wildman–Crippen MR) is 117 cm³/mol. The maximum Gasteiger partial charge on any atom is 0.255 e. The lowest BCUT2D eigenvalue weighted by molar-refractivity contribution is 0.102. The molecule has 0 spiro atoms. The molecule has 0 saturated heterocycles. The highest BCUT2D eigenvalue weighted by molar-refractivity contribution is 6.05. The largest absolute Gasteiger partial charge is 0.497 e. The van der Waals surface area contributed by atoms with Gasteiger partial charge in [0.15, 0.2) is 11.5 Å². The van der Waals surface area contributed by atoms with Gasteiger partial charge in [0.25, 0.3) is 5.91 Å². The van der Waals surface area contributed by atoms with E-state index in [2.05, 4.69) is 5.32 Å². The van der Waals surface area contributed by atoms with E-state index in [4.69, 9.17) is 23.7 Å². The van der Waals surface area contributed by atoms with Gasteiger partial charge in [-0.3, -0.25) is 4.79 Å². The fourth-order valence-corrected chi connectivity index (χ4v) is 3.39. The fourth-order valence-electron chi connectivity index (χ4n) is 3.39. The number of carbonyl (C=O) groups excluding carboxylic acids is 1. The summed E-state index contributed by atoms with van der Waals surface area (Å²) in [6.07, 6.45) is 0. The van der Waals surface area contributed by atoms with Crippen LogP contribution in [-0.2, 0) is 0 Å². The van der Waals surface area contributed by atoms with E-state index >= 15 is 0 Å². The van der Waals surface area contributed by atoms with Crippen LogP contribution in [0.2, 0.25) is 0 Å². The SMILES string of the molecule is COc1ccc(-c2cc(NC(=O)c3cc(OC)c4c(c3)OCCO4)ccc2OC)cc1. The summed E-state index contributed by atoms with van der Waals surface area (Å²) in [7, 11) is 4.76. The average molecular weight is 421 g/mol. The van der Waals surface area contributed by atoms with Crippen LogP contribution in [0.5, 0.6) is 28.7 Å². The number of fused-ring (bicyclic) bond motifs is 1. The van der Waals surface area contributed by atoms with Crippen molar-refractivity contribution < 1.29 is 28.5 Å². The van der Waals surface area contributed by atoms with Crippen molar-refractivity contribution in [2.24, 2.45) is 0 Å². The zero-order chi connectivity index (χ0) is 21.8. The number of nitrogens with one attached hydrogen (secondary N) is 1. The third-order valence-electron chi connectivity index (χ3n) is 4.95. The Morgan fingerprint density at radius 2 is 1.58 bits per heavy atom. The lowest BCUT2D eigenvalue weighted by Gasteiger charge is -2.21. The number of carbonyl (C=O) groups is 1. The van der Waals surface area contributed by atoms with E-state index in [1.165, 1.54) is 7.11 Å². The molecule has 31 heavy (non-hydrogen) atoms. The molecule has 1 aliphatic heterocycles. The summed E-state index contributed by atoms with van der Waals surface area (Å²) in [4.78, 5) is 12.9. The zero-order valence-electron chi connectivity index (χ0n) is 17.6. The molecule has 0 aromatic heterocycles. The van der Waals surface area contributed by atoms with Crippen molar-refractivity contribution in [3.05, 3.63) is 60.2 Å². The molecule has 1 heterocycles. The molecule has 7 heteroatoms. The van der Waals surface area contributed by atoms with E-state index in [1.807, 2.05) is 36.4 Å². The topological polar surface area (TPSA) is 75.3 Å². The molecule has 0 bridgehead atoms. The highest BCUT2D eigenvalue weighted by atomic mass is 16.6. The summed E-state index contributed by atoms with van der Waals surface area (Å²) in [5.41, 5.74) is 2.82. The van der Waals surface area contributed by atoms with Crippen molar-refractivity contribution in [3.63, 3.8) is 0 Å². The van der Waals surface area contributed by atoms with Gasteiger partial charge >= 0.3 is 0 Å². The summed E-state index contributed by atoms with van der Waals surface area (Å²) >= 11 is 0. The first-order chi connectivity index (χ1) is 15.1. The highest BCUT2D eigenvalue weighted by Gasteiger charge is 2.21. The number of anilines is 1. The molecule has 0 unspecified atom stereocenters. The van der Waals surface area contributed by atoms with E-state index in [0.29, 0.717) is 47.5 Å². The molecule has 7 nitrogen and oxygen atoms in total. The van der Waals surface area contributed by atoms with Crippen LogP contribution >= 0.6 is 0 Å². The minimum absolute atomic E-state index is 0.291. The van der Waals surface area contributed by atoms with Crippen LogP contribution in [0.4, 0.5) is 5.69 Å². The number of hydrogen-bond donors (Lipinski definition) is 1. The molecular formula is C24H23NO6. The number of benzene rings is 3. The van der Waals surface area contributed by atoms with Gasteiger partial charge in [-0.05, 0) is 48.0 Å². The Labute approximate surface area is 180 Å². The molecule has 160 valence electrons. The Morgan fingerprint density at radius 3 is 2.29 bits per heavy atom. The molecule has 1 N–H and O–H groups in total. The Balaban J connectivity index is 1.62. The van der Waals surface area contributed by atoms with Crippen molar-refractivity contribution >= 4 is 11.6 Å². The van der Waals surface area contributed by atoms with Crippen LogP contribution in [0.1, 0.15) is 10.4 Å². The molecular weight excluding hydrogens is 398 g/mol. The normalized spacial score (nSPS) is 12.1. The second-order valence-corrected chi connectivity index (χ2v) is 6.80. The zero-order valence-corrected chi connectivity index (χ0v) is 17.6. The molecule has 3 aromatic carbocycles. The van der Waals surface area contributed by atoms with Gasteiger partial charge in [-0.2, -0.15) is 0 Å².